The fourth-order valence-corrected chi connectivity index (χ4v) is 2.39. The number of benzene rings is 1. The third-order valence-corrected chi connectivity index (χ3v) is 3.47. The van der Waals surface area contributed by atoms with E-state index in [1.165, 1.54) is 35.0 Å². The van der Waals surface area contributed by atoms with Crippen molar-refractivity contribution in [3.8, 4) is 22.7 Å². The highest BCUT2D eigenvalue weighted by atomic mass is 19.4. The Labute approximate surface area is 152 Å². The molecular formula is C18H14F3N3O3. The molecule has 0 amide bonds. The third-order valence-electron chi connectivity index (χ3n) is 3.47. The molecule has 0 fully saturated rings. The monoisotopic (exact) mass is 377 g/mol. The Kier molecular flexibility index (Phi) is 5.11. The predicted molar refractivity (Wildman–Crippen MR) is 89.4 cm³/mol. The van der Waals surface area contributed by atoms with Crippen LogP contribution < -0.4 is 4.74 Å². The van der Waals surface area contributed by atoms with E-state index in [-0.39, 0.29) is 18.1 Å². The Morgan fingerprint density at radius 3 is 2.52 bits per heavy atom. The van der Waals surface area contributed by atoms with E-state index in [1.807, 2.05) is 0 Å². The SMILES string of the molecule is CCOC(=O)c1cc(-c2cccnc2)n(-c2ccc(OC(F)(F)F)cc2)n1. The first-order valence-electron chi connectivity index (χ1n) is 7.91. The molecule has 0 N–H and O–H groups in total. The van der Waals surface area contributed by atoms with E-state index in [4.69, 9.17) is 4.74 Å². The number of nitrogens with zero attached hydrogens (tertiary/aromatic N) is 3. The molecule has 3 rings (SSSR count). The Bertz CT molecular complexity index is 923. The van der Waals surface area contributed by atoms with Crippen LogP contribution >= 0.6 is 0 Å². The van der Waals surface area contributed by atoms with Gasteiger partial charge in [0.15, 0.2) is 5.69 Å². The molecule has 140 valence electrons. The van der Waals surface area contributed by atoms with Crippen molar-refractivity contribution in [2.75, 3.05) is 6.61 Å². The molecule has 0 atom stereocenters. The quantitative estimate of drug-likeness (QED) is 0.629. The van der Waals surface area contributed by atoms with Gasteiger partial charge in [-0.05, 0) is 49.4 Å². The van der Waals surface area contributed by atoms with Crippen molar-refractivity contribution in [2.45, 2.75) is 13.3 Å². The van der Waals surface area contributed by atoms with E-state index in [9.17, 15) is 18.0 Å². The molecule has 9 heteroatoms. The van der Waals surface area contributed by atoms with Gasteiger partial charge in [0, 0.05) is 18.0 Å². The van der Waals surface area contributed by atoms with E-state index in [1.54, 1.807) is 31.5 Å². The largest absolute Gasteiger partial charge is 0.573 e. The van der Waals surface area contributed by atoms with E-state index in [0.717, 1.165) is 0 Å². The molecule has 2 aromatic heterocycles. The maximum atomic E-state index is 12.3. The number of alkyl halides is 3. The summed E-state index contributed by atoms with van der Waals surface area (Å²) < 4.78 is 47.2. The number of carbonyl (C=O) groups is 1. The van der Waals surface area contributed by atoms with Crippen LogP contribution in [0, 0.1) is 0 Å². The van der Waals surface area contributed by atoms with E-state index in [2.05, 4.69) is 14.8 Å². The second-order valence-corrected chi connectivity index (χ2v) is 5.33. The number of aromatic nitrogens is 3. The summed E-state index contributed by atoms with van der Waals surface area (Å²) in [7, 11) is 0. The minimum absolute atomic E-state index is 0.0753. The van der Waals surface area contributed by atoms with Crippen molar-refractivity contribution < 1.29 is 27.4 Å². The topological polar surface area (TPSA) is 66.2 Å². The zero-order chi connectivity index (χ0) is 19.4. The number of hydrogen-bond donors (Lipinski definition) is 0. The second kappa shape index (κ2) is 7.48. The summed E-state index contributed by atoms with van der Waals surface area (Å²) in [5.41, 5.74) is 1.73. The summed E-state index contributed by atoms with van der Waals surface area (Å²) >= 11 is 0. The minimum atomic E-state index is -4.77. The van der Waals surface area contributed by atoms with Crippen molar-refractivity contribution in [2.24, 2.45) is 0 Å². The molecule has 0 aliphatic carbocycles. The average molecular weight is 377 g/mol. The van der Waals surface area contributed by atoms with Crippen LogP contribution in [0.1, 0.15) is 17.4 Å². The fraction of sp³-hybridized carbons (Fsp3) is 0.167. The molecule has 0 aliphatic heterocycles. The number of ether oxygens (including phenoxy) is 2. The molecular weight excluding hydrogens is 363 g/mol. The van der Waals surface area contributed by atoms with E-state index in [0.29, 0.717) is 16.9 Å². The molecule has 0 radical (unpaired) electrons. The van der Waals surface area contributed by atoms with Crippen LogP contribution in [0.3, 0.4) is 0 Å². The normalized spacial score (nSPS) is 11.3. The Hall–Kier alpha value is -3.36. The van der Waals surface area contributed by atoms with Gasteiger partial charge in [-0.3, -0.25) is 4.98 Å². The van der Waals surface area contributed by atoms with Crippen LogP contribution in [0.25, 0.3) is 16.9 Å². The van der Waals surface area contributed by atoms with Gasteiger partial charge >= 0.3 is 12.3 Å². The van der Waals surface area contributed by atoms with Crippen LogP contribution in [-0.4, -0.2) is 33.7 Å². The number of halogens is 3. The Balaban J connectivity index is 2.01. The van der Waals surface area contributed by atoms with Crippen molar-refractivity contribution in [1.29, 1.82) is 0 Å². The Morgan fingerprint density at radius 2 is 1.93 bits per heavy atom. The summed E-state index contributed by atoms with van der Waals surface area (Å²) in [4.78, 5) is 16.1. The van der Waals surface area contributed by atoms with Gasteiger partial charge in [-0.15, -0.1) is 13.2 Å². The molecule has 2 heterocycles. The second-order valence-electron chi connectivity index (χ2n) is 5.33. The molecule has 3 aromatic rings. The minimum Gasteiger partial charge on any atom is -0.461 e. The van der Waals surface area contributed by atoms with Crippen LogP contribution in [-0.2, 0) is 4.74 Å². The molecule has 0 unspecified atom stereocenters. The lowest BCUT2D eigenvalue weighted by Crippen LogP contribution is -2.17. The van der Waals surface area contributed by atoms with Gasteiger partial charge in [0.1, 0.15) is 5.75 Å². The number of hydrogen-bond acceptors (Lipinski definition) is 5. The van der Waals surface area contributed by atoms with Crippen LogP contribution in [0.2, 0.25) is 0 Å². The van der Waals surface area contributed by atoms with Gasteiger partial charge in [0.25, 0.3) is 0 Å². The van der Waals surface area contributed by atoms with E-state index < -0.39 is 12.3 Å². The molecule has 0 bridgehead atoms. The standard InChI is InChI=1S/C18H14F3N3O3/c1-2-26-17(25)15-10-16(12-4-3-9-22-11-12)24(23-15)13-5-7-14(8-6-13)27-18(19,20)21/h3-11H,2H2,1H3. The fourth-order valence-electron chi connectivity index (χ4n) is 2.39. The van der Waals surface area contributed by atoms with Crippen molar-refractivity contribution in [3.05, 3.63) is 60.6 Å². The van der Waals surface area contributed by atoms with Crippen LogP contribution in [0.15, 0.2) is 54.9 Å². The lowest BCUT2D eigenvalue weighted by molar-refractivity contribution is -0.274. The van der Waals surface area contributed by atoms with Gasteiger partial charge in [-0.1, -0.05) is 0 Å². The highest BCUT2D eigenvalue weighted by molar-refractivity contribution is 5.89. The predicted octanol–water partition coefficient (Wildman–Crippen LogP) is 4.01. The third kappa shape index (κ3) is 4.43. The lowest BCUT2D eigenvalue weighted by Gasteiger charge is -2.10. The average Bonchev–Trinajstić information content (AvgIpc) is 3.07. The van der Waals surface area contributed by atoms with Gasteiger partial charge in [-0.25, -0.2) is 9.48 Å². The van der Waals surface area contributed by atoms with Crippen molar-refractivity contribution in [1.82, 2.24) is 14.8 Å². The zero-order valence-electron chi connectivity index (χ0n) is 14.1. The molecule has 27 heavy (non-hydrogen) atoms. The Morgan fingerprint density at radius 1 is 1.19 bits per heavy atom. The molecule has 0 aliphatic rings. The first-order chi connectivity index (χ1) is 12.9. The number of rotatable bonds is 5. The van der Waals surface area contributed by atoms with Crippen LogP contribution in [0.4, 0.5) is 13.2 Å². The highest BCUT2D eigenvalue weighted by Crippen LogP contribution is 2.27. The molecule has 0 spiro atoms. The van der Waals surface area contributed by atoms with Gasteiger partial charge < -0.3 is 9.47 Å². The zero-order valence-corrected chi connectivity index (χ0v) is 14.1. The number of carbonyl (C=O) groups excluding carboxylic acids is 1. The summed E-state index contributed by atoms with van der Waals surface area (Å²) in [6.07, 6.45) is -1.59. The summed E-state index contributed by atoms with van der Waals surface area (Å²) in [6.45, 7) is 1.87. The van der Waals surface area contributed by atoms with Gasteiger partial charge in [0.05, 0.1) is 18.0 Å². The van der Waals surface area contributed by atoms with Crippen LogP contribution in [0.5, 0.6) is 5.75 Å². The van der Waals surface area contributed by atoms with Gasteiger partial charge in [-0.2, -0.15) is 5.10 Å². The number of pyridine rings is 1. The van der Waals surface area contributed by atoms with Crippen molar-refractivity contribution >= 4 is 5.97 Å². The molecule has 0 saturated carbocycles. The summed E-state index contributed by atoms with van der Waals surface area (Å²) in [6, 6.07) is 10.2. The number of esters is 1. The first kappa shape index (κ1) is 18.4. The lowest BCUT2D eigenvalue weighted by atomic mass is 10.2. The van der Waals surface area contributed by atoms with Gasteiger partial charge in [0.2, 0.25) is 0 Å². The molecule has 6 nitrogen and oxygen atoms in total. The maximum Gasteiger partial charge on any atom is 0.573 e. The molecule has 1 aromatic carbocycles. The molecule has 0 saturated heterocycles. The maximum absolute atomic E-state index is 12.3. The summed E-state index contributed by atoms with van der Waals surface area (Å²) in [5.74, 6) is -0.953. The summed E-state index contributed by atoms with van der Waals surface area (Å²) in [5, 5.41) is 4.23. The van der Waals surface area contributed by atoms with Crippen molar-refractivity contribution in [3.63, 3.8) is 0 Å². The first-order valence-corrected chi connectivity index (χ1v) is 7.91. The highest BCUT2D eigenvalue weighted by Gasteiger charge is 2.31. The van der Waals surface area contributed by atoms with E-state index >= 15 is 0 Å². The smallest absolute Gasteiger partial charge is 0.461 e.